The largest absolute Gasteiger partial charge is 0.355 e. The van der Waals surface area contributed by atoms with E-state index in [0.29, 0.717) is 12.2 Å². The lowest BCUT2D eigenvalue weighted by Crippen LogP contribution is -2.33. The highest BCUT2D eigenvalue weighted by atomic mass is 16.1. The first-order valence-electron chi connectivity index (χ1n) is 8.54. The Hall–Kier alpha value is -2.43. The Morgan fingerprint density at radius 3 is 2.67 bits per heavy atom. The molecule has 0 bridgehead atoms. The highest BCUT2D eigenvalue weighted by Crippen LogP contribution is 2.20. The van der Waals surface area contributed by atoms with Gasteiger partial charge < -0.3 is 10.2 Å². The van der Waals surface area contributed by atoms with Crippen LogP contribution in [0.1, 0.15) is 41.4 Å². The van der Waals surface area contributed by atoms with E-state index in [1.807, 2.05) is 31.2 Å². The van der Waals surface area contributed by atoms with Crippen LogP contribution in [0.3, 0.4) is 0 Å². The highest BCUT2D eigenvalue weighted by Gasteiger charge is 2.17. The van der Waals surface area contributed by atoms with E-state index in [4.69, 9.17) is 0 Å². The van der Waals surface area contributed by atoms with Gasteiger partial charge in [-0.15, -0.1) is 10.2 Å². The van der Waals surface area contributed by atoms with E-state index in [0.717, 1.165) is 30.4 Å². The topological polar surface area (TPSA) is 58.1 Å². The summed E-state index contributed by atoms with van der Waals surface area (Å²) in [4.78, 5) is 14.4. The first kappa shape index (κ1) is 16.4. The van der Waals surface area contributed by atoms with Crippen molar-refractivity contribution in [3.8, 4) is 0 Å². The summed E-state index contributed by atoms with van der Waals surface area (Å²) in [5.74, 6) is 1.45. The number of amides is 1. The van der Waals surface area contributed by atoms with Gasteiger partial charge in [-0.1, -0.05) is 36.8 Å². The first-order chi connectivity index (χ1) is 11.6. The SMILES string of the molecule is Cc1cccc(CNC(=O)c2ccc(N3CCC(C)CC3)nn2)c1. The van der Waals surface area contributed by atoms with E-state index in [1.165, 1.54) is 18.4 Å². The molecule has 0 aliphatic carbocycles. The van der Waals surface area contributed by atoms with Gasteiger partial charge in [0.15, 0.2) is 11.5 Å². The van der Waals surface area contributed by atoms with Crippen LogP contribution in [-0.2, 0) is 6.54 Å². The van der Waals surface area contributed by atoms with Crippen LogP contribution in [0.5, 0.6) is 0 Å². The van der Waals surface area contributed by atoms with Gasteiger partial charge in [-0.2, -0.15) is 0 Å². The molecule has 126 valence electrons. The molecule has 0 saturated carbocycles. The second-order valence-corrected chi connectivity index (χ2v) is 6.62. The van der Waals surface area contributed by atoms with Gasteiger partial charge in [-0.25, -0.2) is 0 Å². The van der Waals surface area contributed by atoms with Crippen LogP contribution in [0.15, 0.2) is 36.4 Å². The summed E-state index contributed by atoms with van der Waals surface area (Å²) in [7, 11) is 0. The third-order valence-corrected chi connectivity index (χ3v) is 4.53. The molecule has 3 rings (SSSR count). The van der Waals surface area contributed by atoms with E-state index >= 15 is 0 Å². The maximum absolute atomic E-state index is 12.2. The number of aromatic nitrogens is 2. The predicted molar refractivity (Wildman–Crippen MR) is 95.0 cm³/mol. The fourth-order valence-corrected chi connectivity index (χ4v) is 2.95. The molecule has 1 fully saturated rings. The molecule has 2 heterocycles. The van der Waals surface area contributed by atoms with Crippen LogP contribution in [0.4, 0.5) is 5.82 Å². The smallest absolute Gasteiger partial charge is 0.272 e. The number of hydrogen-bond acceptors (Lipinski definition) is 4. The van der Waals surface area contributed by atoms with Crippen LogP contribution < -0.4 is 10.2 Å². The zero-order chi connectivity index (χ0) is 16.9. The van der Waals surface area contributed by atoms with Crippen molar-refractivity contribution in [3.05, 3.63) is 53.2 Å². The fraction of sp³-hybridized carbons (Fsp3) is 0.421. The minimum absolute atomic E-state index is 0.192. The molecule has 5 heteroatoms. The van der Waals surface area contributed by atoms with Gasteiger partial charge in [-0.3, -0.25) is 4.79 Å². The fourth-order valence-electron chi connectivity index (χ4n) is 2.95. The van der Waals surface area contributed by atoms with E-state index in [2.05, 4.69) is 33.4 Å². The number of anilines is 1. The molecule has 0 spiro atoms. The number of nitrogens with one attached hydrogen (secondary N) is 1. The van der Waals surface area contributed by atoms with Crippen LogP contribution >= 0.6 is 0 Å². The number of piperidine rings is 1. The molecule has 1 amide bonds. The number of rotatable bonds is 4. The van der Waals surface area contributed by atoms with Crippen molar-refractivity contribution in [1.82, 2.24) is 15.5 Å². The maximum Gasteiger partial charge on any atom is 0.272 e. The molecular formula is C19H24N4O. The van der Waals surface area contributed by atoms with Gasteiger partial charge in [0.1, 0.15) is 0 Å². The van der Waals surface area contributed by atoms with E-state index in [9.17, 15) is 4.79 Å². The standard InChI is InChI=1S/C19H24N4O/c1-14-8-10-23(11-9-14)18-7-6-17(21-22-18)19(24)20-13-16-5-3-4-15(2)12-16/h3-7,12,14H,8-11,13H2,1-2H3,(H,20,24). The van der Waals surface area contributed by atoms with Crippen LogP contribution in [0.25, 0.3) is 0 Å². The number of hydrogen-bond donors (Lipinski definition) is 1. The Morgan fingerprint density at radius 2 is 2.00 bits per heavy atom. The summed E-state index contributed by atoms with van der Waals surface area (Å²) >= 11 is 0. The van der Waals surface area contributed by atoms with Crippen LogP contribution in [0.2, 0.25) is 0 Å². The Kier molecular flexibility index (Phi) is 5.08. The van der Waals surface area contributed by atoms with Gasteiger partial charge in [0.2, 0.25) is 0 Å². The van der Waals surface area contributed by atoms with Crippen molar-refractivity contribution >= 4 is 11.7 Å². The summed E-state index contributed by atoms with van der Waals surface area (Å²) in [6, 6.07) is 11.7. The van der Waals surface area contributed by atoms with Crippen molar-refractivity contribution in [2.75, 3.05) is 18.0 Å². The molecular weight excluding hydrogens is 300 g/mol. The monoisotopic (exact) mass is 324 g/mol. The molecule has 0 radical (unpaired) electrons. The normalized spacial score (nSPS) is 15.3. The Balaban J connectivity index is 1.57. The number of carbonyl (C=O) groups excluding carboxylic acids is 1. The average molecular weight is 324 g/mol. The van der Waals surface area contributed by atoms with Gasteiger partial charge in [0.05, 0.1) is 0 Å². The Morgan fingerprint density at radius 1 is 1.21 bits per heavy atom. The average Bonchev–Trinajstić information content (AvgIpc) is 2.61. The third-order valence-electron chi connectivity index (χ3n) is 4.53. The van der Waals surface area contributed by atoms with E-state index in [-0.39, 0.29) is 5.91 Å². The third kappa shape index (κ3) is 4.10. The second-order valence-electron chi connectivity index (χ2n) is 6.62. The minimum Gasteiger partial charge on any atom is -0.355 e. The molecule has 24 heavy (non-hydrogen) atoms. The molecule has 2 aromatic rings. The molecule has 0 atom stereocenters. The lowest BCUT2D eigenvalue weighted by atomic mass is 9.99. The summed E-state index contributed by atoms with van der Waals surface area (Å²) in [6.45, 7) is 6.83. The van der Waals surface area contributed by atoms with Crippen molar-refractivity contribution in [2.24, 2.45) is 5.92 Å². The first-order valence-corrected chi connectivity index (χ1v) is 8.54. The van der Waals surface area contributed by atoms with Crippen molar-refractivity contribution in [1.29, 1.82) is 0 Å². The van der Waals surface area contributed by atoms with Crippen LogP contribution in [0, 0.1) is 12.8 Å². The highest BCUT2D eigenvalue weighted by molar-refractivity contribution is 5.92. The van der Waals surface area contributed by atoms with E-state index < -0.39 is 0 Å². The zero-order valence-corrected chi connectivity index (χ0v) is 14.3. The second kappa shape index (κ2) is 7.43. The summed E-state index contributed by atoms with van der Waals surface area (Å²) in [5, 5.41) is 11.2. The molecule has 1 saturated heterocycles. The summed E-state index contributed by atoms with van der Waals surface area (Å²) in [5.41, 5.74) is 2.62. The van der Waals surface area contributed by atoms with Crippen LogP contribution in [-0.4, -0.2) is 29.2 Å². The number of aryl methyl sites for hydroxylation is 1. The molecule has 5 nitrogen and oxygen atoms in total. The Labute approximate surface area is 143 Å². The van der Waals surface area contributed by atoms with Gasteiger partial charge in [-0.05, 0) is 43.4 Å². The minimum atomic E-state index is -0.192. The molecule has 0 unspecified atom stereocenters. The van der Waals surface area contributed by atoms with Gasteiger partial charge in [0.25, 0.3) is 5.91 Å². The van der Waals surface area contributed by atoms with Crippen molar-refractivity contribution in [3.63, 3.8) is 0 Å². The van der Waals surface area contributed by atoms with Gasteiger partial charge >= 0.3 is 0 Å². The molecule has 1 aromatic heterocycles. The maximum atomic E-state index is 12.2. The number of carbonyl (C=O) groups is 1. The van der Waals surface area contributed by atoms with Crippen molar-refractivity contribution in [2.45, 2.75) is 33.2 Å². The predicted octanol–water partition coefficient (Wildman–Crippen LogP) is 2.95. The number of benzene rings is 1. The zero-order valence-electron chi connectivity index (χ0n) is 14.3. The molecule has 1 N–H and O–H groups in total. The number of nitrogens with zero attached hydrogens (tertiary/aromatic N) is 3. The lowest BCUT2D eigenvalue weighted by molar-refractivity contribution is 0.0945. The molecule has 1 aliphatic heterocycles. The Bertz CT molecular complexity index is 691. The molecule has 1 aliphatic rings. The summed E-state index contributed by atoms with van der Waals surface area (Å²) < 4.78 is 0. The lowest BCUT2D eigenvalue weighted by Gasteiger charge is -2.30. The quantitative estimate of drug-likeness (QED) is 0.939. The molecule has 1 aromatic carbocycles. The summed E-state index contributed by atoms with van der Waals surface area (Å²) in [6.07, 6.45) is 2.36. The van der Waals surface area contributed by atoms with Crippen molar-refractivity contribution < 1.29 is 4.79 Å². The van der Waals surface area contributed by atoms with Gasteiger partial charge in [0, 0.05) is 19.6 Å². The van der Waals surface area contributed by atoms with E-state index in [1.54, 1.807) is 6.07 Å².